The van der Waals surface area contributed by atoms with Crippen LogP contribution in [0.1, 0.15) is 51.7 Å². The van der Waals surface area contributed by atoms with Gasteiger partial charge in [0.1, 0.15) is 5.82 Å². The number of benzene rings is 1. The van der Waals surface area contributed by atoms with Crippen LogP contribution in [-0.4, -0.2) is 40.9 Å². The molecule has 7 heteroatoms. The molecule has 6 nitrogen and oxygen atoms in total. The average Bonchev–Trinajstić information content (AvgIpc) is 3.47. The molecule has 3 heterocycles. The summed E-state index contributed by atoms with van der Waals surface area (Å²) in [6.45, 7) is 10.1. The van der Waals surface area contributed by atoms with Gasteiger partial charge in [0.2, 0.25) is 5.95 Å². The van der Waals surface area contributed by atoms with E-state index in [0.717, 1.165) is 36.7 Å². The Bertz CT molecular complexity index is 913. The lowest BCUT2D eigenvalue weighted by Crippen LogP contribution is -2.41. The summed E-state index contributed by atoms with van der Waals surface area (Å²) >= 11 is 0. The summed E-state index contributed by atoms with van der Waals surface area (Å²) in [4.78, 5) is 11.9. The number of nitrogens with zero attached hydrogens (tertiary/aromatic N) is 3. The van der Waals surface area contributed by atoms with Crippen molar-refractivity contribution in [3.05, 3.63) is 41.6 Å². The highest BCUT2D eigenvalue weighted by Gasteiger charge is 2.52. The number of rotatable bonds is 4. The van der Waals surface area contributed by atoms with Gasteiger partial charge in [0.25, 0.3) is 0 Å². The van der Waals surface area contributed by atoms with Crippen LogP contribution in [-0.2, 0) is 22.3 Å². The topological polar surface area (TPSA) is 59.5 Å². The zero-order chi connectivity index (χ0) is 20.2. The van der Waals surface area contributed by atoms with Gasteiger partial charge in [-0.1, -0.05) is 24.3 Å². The Labute approximate surface area is 173 Å². The molecule has 0 spiro atoms. The van der Waals surface area contributed by atoms with Gasteiger partial charge in [0.05, 0.1) is 11.2 Å². The van der Waals surface area contributed by atoms with Crippen LogP contribution in [0.15, 0.2) is 30.5 Å². The van der Waals surface area contributed by atoms with Crippen molar-refractivity contribution < 1.29 is 9.31 Å². The minimum absolute atomic E-state index is 0.385. The molecule has 0 atom stereocenters. The van der Waals surface area contributed by atoms with E-state index >= 15 is 0 Å². The SMILES string of the molecule is CC1(C)OB(c2cnc(N3CCc4ccccc4C3)nc2NC2CC2)OC1(C)C. The van der Waals surface area contributed by atoms with Gasteiger partial charge in [0.15, 0.2) is 0 Å². The number of fused-ring (bicyclic) bond motifs is 1. The molecule has 2 aliphatic heterocycles. The average molecular weight is 392 g/mol. The standard InChI is InChI=1S/C22H29BN4O2/c1-21(2)22(3,4)29-23(28-21)18-13-24-20(26-19(18)25-17-9-10-17)27-12-11-15-7-5-6-8-16(15)14-27/h5-8,13,17H,9-12,14H2,1-4H3,(H,24,25,26). The Kier molecular flexibility index (Phi) is 4.37. The molecule has 1 aromatic carbocycles. The van der Waals surface area contributed by atoms with Crippen molar-refractivity contribution in [3.63, 3.8) is 0 Å². The first kappa shape index (κ1) is 18.9. The van der Waals surface area contributed by atoms with E-state index in [-0.39, 0.29) is 11.2 Å². The van der Waals surface area contributed by atoms with Gasteiger partial charge in [-0.05, 0) is 58.1 Å². The van der Waals surface area contributed by atoms with E-state index in [2.05, 4.69) is 62.2 Å². The van der Waals surface area contributed by atoms with Crippen molar-refractivity contribution in [2.45, 2.75) is 70.7 Å². The lowest BCUT2D eigenvalue weighted by atomic mass is 9.80. The van der Waals surface area contributed by atoms with Crippen LogP contribution in [0.3, 0.4) is 0 Å². The highest BCUT2D eigenvalue weighted by atomic mass is 16.7. The van der Waals surface area contributed by atoms with Crippen molar-refractivity contribution in [1.82, 2.24) is 9.97 Å². The second-order valence-electron chi connectivity index (χ2n) is 9.42. The van der Waals surface area contributed by atoms with Crippen molar-refractivity contribution in [1.29, 1.82) is 0 Å². The van der Waals surface area contributed by atoms with Crippen LogP contribution in [0.25, 0.3) is 0 Å². The molecule has 1 aromatic heterocycles. The summed E-state index contributed by atoms with van der Waals surface area (Å²) in [5.41, 5.74) is 2.90. The van der Waals surface area contributed by atoms with Gasteiger partial charge in [-0.3, -0.25) is 0 Å². The van der Waals surface area contributed by atoms with Gasteiger partial charge < -0.3 is 19.5 Å². The third kappa shape index (κ3) is 3.51. The number of aromatic nitrogens is 2. The molecule has 0 unspecified atom stereocenters. The lowest BCUT2D eigenvalue weighted by Gasteiger charge is -2.32. The van der Waals surface area contributed by atoms with Gasteiger partial charge in [-0.25, -0.2) is 4.98 Å². The minimum atomic E-state index is -0.461. The number of anilines is 2. The number of hydrogen-bond acceptors (Lipinski definition) is 6. The van der Waals surface area contributed by atoms with Crippen molar-refractivity contribution in [3.8, 4) is 0 Å². The van der Waals surface area contributed by atoms with Crippen molar-refractivity contribution >= 4 is 24.3 Å². The summed E-state index contributed by atoms with van der Waals surface area (Å²) in [7, 11) is -0.461. The highest BCUT2D eigenvalue weighted by molar-refractivity contribution is 6.63. The van der Waals surface area contributed by atoms with E-state index in [1.54, 1.807) is 0 Å². The molecule has 1 aliphatic carbocycles. The zero-order valence-electron chi connectivity index (χ0n) is 17.7. The Morgan fingerprint density at radius 1 is 1.07 bits per heavy atom. The molecule has 1 saturated heterocycles. The fourth-order valence-corrected chi connectivity index (χ4v) is 3.88. The van der Waals surface area contributed by atoms with Gasteiger partial charge in [0, 0.05) is 30.8 Å². The zero-order valence-corrected chi connectivity index (χ0v) is 17.7. The molecular weight excluding hydrogens is 363 g/mol. The third-order valence-corrected chi connectivity index (χ3v) is 6.64. The van der Waals surface area contributed by atoms with Gasteiger partial charge >= 0.3 is 7.12 Å². The fraction of sp³-hybridized carbons (Fsp3) is 0.545. The summed E-state index contributed by atoms with van der Waals surface area (Å²) in [5.74, 6) is 1.61. The monoisotopic (exact) mass is 392 g/mol. The molecule has 0 amide bonds. The molecule has 2 fully saturated rings. The van der Waals surface area contributed by atoms with Gasteiger partial charge in [-0.2, -0.15) is 4.98 Å². The lowest BCUT2D eigenvalue weighted by molar-refractivity contribution is 0.00578. The molecule has 3 aliphatic rings. The van der Waals surface area contributed by atoms with Gasteiger partial charge in [-0.15, -0.1) is 0 Å². The molecule has 29 heavy (non-hydrogen) atoms. The first-order chi connectivity index (χ1) is 13.8. The largest absolute Gasteiger partial charge is 0.500 e. The van der Waals surface area contributed by atoms with E-state index in [4.69, 9.17) is 19.3 Å². The maximum Gasteiger partial charge on any atom is 0.500 e. The van der Waals surface area contributed by atoms with E-state index in [0.29, 0.717) is 6.04 Å². The highest BCUT2D eigenvalue weighted by Crippen LogP contribution is 2.37. The number of hydrogen-bond donors (Lipinski definition) is 1. The second kappa shape index (κ2) is 6.71. The Morgan fingerprint density at radius 2 is 1.76 bits per heavy atom. The van der Waals surface area contributed by atoms with Crippen molar-refractivity contribution in [2.75, 3.05) is 16.8 Å². The molecule has 0 radical (unpaired) electrons. The smallest absolute Gasteiger partial charge is 0.399 e. The first-order valence-electron chi connectivity index (χ1n) is 10.6. The second-order valence-corrected chi connectivity index (χ2v) is 9.42. The first-order valence-corrected chi connectivity index (χ1v) is 10.6. The van der Waals surface area contributed by atoms with Crippen LogP contribution in [0.4, 0.5) is 11.8 Å². The van der Waals surface area contributed by atoms with E-state index in [9.17, 15) is 0 Å². The Balaban J connectivity index is 1.44. The van der Waals surface area contributed by atoms with Crippen LogP contribution < -0.4 is 15.7 Å². The third-order valence-electron chi connectivity index (χ3n) is 6.64. The summed E-state index contributed by atoms with van der Waals surface area (Å²) in [6.07, 6.45) is 5.26. The predicted molar refractivity (Wildman–Crippen MR) is 116 cm³/mol. The molecule has 152 valence electrons. The summed E-state index contributed by atoms with van der Waals surface area (Å²) < 4.78 is 12.5. The molecule has 1 N–H and O–H groups in total. The minimum Gasteiger partial charge on any atom is -0.399 e. The maximum absolute atomic E-state index is 6.27. The molecule has 5 rings (SSSR count). The van der Waals surface area contributed by atoms with Crippen molar-refractivity contribution in [2.24, 2.45) is 0 Å². The Hall–Kier alpha value is -2.12. The van der Waals surface area contributed by atoms with E-state index in [1.807, 2.05) is 6.20 Å². The molecule has 2 aromatic rings. The Morgan fingerprint density at radius 3 is 2.45 bits per heavy atom. The van der Waals surface area contributed by atoms with Crippen LogP contribution in [0.5, 0.6) is 0 Å². The quantitative estimate of drug-likeness (QED) is 0.808. The predicted octanol–water partition coefficient (Wildman–Crippen LogP) is 2.91. The normalized spacial score (nSPS) is 22.5. The molecule has 1 saturated carbocycles. The summed E-state index contributed by atoms with van der Waals surface area (Å²) in [6, 6.07) is 9.12. The van der Waals surface area contributed by atoms with Crippen LogP contribution in [0, 0.1) is 0 Å². The van der Waals surface area contributed by atoms with Crippen LogP contribution >= 0.6 is 0 Å². The van der Waals surface area contributed by atoms with E-state index in [1.165, 1.54) is 24.0 Å². The number of nitrogens with one attached hydrogen (secondary N) is 1. The molecular formula is C22H29BN4O2. The summed E-state index contributed by atoms with van der Waals surface area (Å²) in [5, 5.41) is 3.58. The maximum atomic E-state index is 6.27. The van der Waals surface area contributed by atoms with Crippen LogP contribution in [0.2, 0.25) is 0 Å². The molecule has 0 bridgehead atoms. The fourth-order valence-electron chi connectivity index (χ4n) is 3.88. The van der Waals surface area contributed by atoms with E-state index < -0.39 is 7.12 Å².